The Bertz CT molecular complexity index is 887. The normalized spacial score (nSPS) is 17.8. The van der Waals surface area contributed by atoms with Crippen LogP contribution in [0, 0.1) is 0 Å². The van der Waals surface area contributed by atoms with Gasteiger partial charge >= 0.3 is 0 Å². The Morgan fingerprint density at radius 3 is 2.50 bits per heavy atom. The Kier molecular flexibility index (Phi) is 5.64. The van der Waals surface area contributed by atoms with E-state index in [1.807, 2.05) is 72.8 Å². The average Bonchev–Trinajstić information content (AvgIpc) is 3.18. The zero-order valence-corrected chi connectivity index (χ0v) is 15.6. The van der Waals surface area contributed by atoms with Crippen molar-refractivity contribution in [3.05, 3.63) is 90.8 Å². The molecule has 1 N–H and O–H groups in total. The Labute approximate surface area is 165 Å². The second-order valence-electron chi connectivity index (χ2n) is 6.88. The van der Waals surface area contributed by atoms with Crippen LogP contribution in [0.2, 0.25) is 0 Å². The van der Waals surface area contributed by atoms with E-state index in [0.29, 0.717) is 6.54 Å². The van der Waals surface area contributed by atoms with E-state index in [9.17, 15) is 4.79 Å². The third kappa shape index (κ3) is 4.38. The second-order valence-corrected chi connectivity index (χ2v) is 6.88. The molecule has 0 unspecified atom stereocenters. The molecule has 1 aliphatic rings. The van der Waals surface area contributed by atoms with Gasteiger partial charge in [0.25, 0.3) is 0 Å². The predicted molar refractivity (Wildman–Crippen MR) is 109 cm³/mol. The van der Waals surface area contributed by atoms with Crippen molar-refractivity contribution in [2.45, 2.75) is 18.6 Å². The zero-order valence-electron chi connectivity index (χ0n) is 15.6. The van der Waals surface area contributed by atoms with Crippen molar-refractivity contribution in [3.63, 3.8) is 0 Å². The molecule has 0 radical (unpaired) electrons. The molecule has 0 saturated carbocycles. The van der Waals surface area contributed by atoms with Gasteiger partial charge < -0.3 is 10.1 Å². The van der Waals surface area contributed by atoms with Crippen LogP contribution >= 0.6 is 0 Å². The first-order valence-corrected chi connectivity index (χ1v) is 9.51. The summed E-state index contributed by atoms with van der Waals surface area (Å²) in [6.45, 7) is 1.49. The van der Waals surface area contributed by atoms with Gasteiger partial charge in [0.15, 0.2) is 0 Å². The second kappa shape index (κ2) is 8.67. The summed E-state index contributed by atoms with van der Waals surface area (Å²) in [4.78, 5) is 19.5. The van der Waals surface area contributed by atoms with Crippen LogP contribution in [-0.2, 0) is 4.79 Å². The van der Waals surface area contributed by atoms with Gasteiger partial charge in [-0.15, -0.1) is 0 Å². The monoisotopic (exact) mass is 373 g/mol. The highest BCUT2D eigenvalue weighted by atomic mass is 16.5. The van der Waals surface area contributed by atoms with Crippen molar-refractivity contribution < 1.29 is 9.53 Å². The molecule has 2 atom stereocenters. The molecule has 0 spiro atoms. The first kappa shape index (κ1) is 18.2. The number of benzene rings is 2. The largest absolute Gasteiger partial charge is 0.487 e. The molecule has 5 heteroatoms. The SMILES string of the molecule is O=C(Nc1ccccc1)[C@H](c1ccccc1)N1CC[C@H](Oc2cccnc2)C1. The van der Waals surface area contributed by atoms with Gasteiger partial charge in [0, 0.05) is 25.0 Å². The maximum absolute atomic E-state index is 13.2. The van der Waals surface area contributed by atoms with Crippen molar-refractivity contribution in [2.24, 2.45) is 0 Å². The molecule has 3 aromatic rings. The summed E-state index contributed by atoms with van der Waals surface area (Å²) < 4.78 is 6.05. The number of ether oxygens (including phenoxy) is 1. The molecule has 2 aromatic carbocycles. The number of likely N-dealkylation sites (tertiary alicyclic amines) is 1. The molecular weight excluding hydrogens is 350 g/mol. The Morgan fingerprint density at radius 2 is 1.79 bits per heavy atom. The number of pyridine rings is 1. The van der Waals surface area contributed by atoms with E-state index in [1.165, 1.54) is 0 Å². The number of carbonyl (C=O) groups is 1. The summed E-state index contributed by atoms with van der Waals surface area (Å²) >= 11 is 0. The standard InChI is InChI=1S/C23H23N3O2/c27-23(25-19-10-5-2-6-11-19)22(18-8-3-1-4-9-18)26-15-13-21(17-26)28-20-12-7-14-24-16-20/h1-12,14,16,21-22H,13,15,17H2,(H,25,27)/t21-,22-/m0/s1. The third-order valence-corrected chi connectivity index (χ3v) is 4.88. The Balaban J connectivity index is 1.50. The quantitative estimate of drug-likeness (QED) is 0.712. The number of hydrogen-bond acceptors (Lipinski definition) is 4. The van der Waals surface area contributed by atoms with Crippen LogP contribution in [0.15, 0.2) is 85.2 Å². The molecule has 1 aliphatic heterocycles. The summed E-state index contributed by atoms with van der Waals surface area (Å²) in [7, 11) is 0. The number of carbonyl (C=O) groups excluding carboxylic acids is 1. The van der Waals surface area contributed by atoms with Crippen LogP contribution in [0.3, 0.4) is 0 Å². The van der Waals surface area contributed by atoms with Gasteiger partial charge in [0.05, 0.1) is 6.20 Å². The maximum Gasteiger partial charge on any atom is 0.246 e. The molecule has 0 aliphatic carbocycles. The number of rotatable bonds is 6. The van der Waals surface area contributed by atoms with E-state index in [4.69, 9.17) is 4.74 Å². The van der Waals surface area contributed by atoms with Crippen molar-refractivity contribution in [2.75, 3.05) is 18.4 Å². The first-order chi connectivity index (χ1) is 13.8. The Morgan fingerprint density at radius 1 is 1.04 bits per heavy atom. The van der Waals surface area contributed by atoms with E-state index in [0.717, 1.165) is 30.0 Å². The summed E-state index contributed by atoms with van der Waals surface area (Å²) in [5.41, 5.74) is 1.79. The lowest BCUT2D eigenvalue weighted by atomic mass is 10.0. The van der Waals surface area contributed by atoms with Crippen LogP contribution in [0.1, 0.15) is 18.0 Å². The van der Waals surface area contributed by atoms with Crippen molar-refractivity contribution >= 4 is 11.6 Å². The molecule has 1 fully saturated rings. The number of nitrogens with one attached hydrogen (secondary N) is 1. The fourth-order valence-corrected chi connectivity index (χ4v) is 3.59. The van der Waals surface area contributed by atoms with Gasteiger partial charge in [0.1, 0.15) is 17.9 Å². The fraction of sp³-hybridized carbons (Fsp3) is 0.217. The number of aromatic nitrogens is 1. The Hall–Kier alpha value is -3.18. The molecule has 5 nitrogen and oxygen atoms in total. The number of amides is 1. The van der Waals surface area contributed by atoms with E-state index >= 15 is 0 Å². The number of hydrogen-bond donors (Lipinski definition) is 1. The van der Waals surface area contributed by atoms with Crippen LogP contribution in [-0.4, -0.2) is 35.0 Å². The topological polar surface area (TPSA) is 54.5 Å². The number of para-hydroxylation sites is 1. The highest BCUT2D eigenvalue weighted by Crippen LogP contribution is 2.28. The molecule has 142 valence electrons. The van der Waals surface area contributed by atoms with Crippen molar-refractivity contribution in [1.82, 2.24) is 9.88 Å². The minimum absolute atomic E-state index is 0.0283. The molecule has 1 aromatic heterocycles. The maximum atomic E-state index is 13.2. The fourth-order valence-electron chi connectivity index (χ4n) is 3.59. The van der Waals surface area contributed by atoms with E-state index in [1.54, 1.807) is 12.4 Å². The smallest absolute Gasteiger partial charge is 0.246 e. The molecule has 0 bridgehead atoms. The summed E-state index contributed by atoms with van der Waals surface area (Å²) in [5.74, 6) is 0.735. The predicted octanol–water partition coefficient (Wildman–Crippen LogP) is 3.91. The van der Waals surface area contributed by atoms with E-state index in [-0.39, 0.29) is 18.1 Å². The third-order valence-electron chi connectivity index (χ3n) is 4.88. The van der Waals surface area contributed by atoms with Crippen molar-refractivity contribution in [1.29, 1.82) is 0 Å². The average molecular weight is 373 g/mol. The summed E-state index contributed by atoms with van der Waals surface area (Å²) in [5, 5.41) is 3.05. The lowest BCUT2D eigenvalue weighted by molar-refractivity contribution is -0.121. The number of nitrogens with zero attached hydrogens (tertiary/aromatic N) is 2. The lowest BCUT2D eigenvalue weighted by Crippen LogP contribution is -2.37. The van der Waals surface area contributed by atoms with Gasteiger partial charge in [0.2, 0.25) is 5.91 Å². The van der Waals surface area contributed by atoms with Gasteiger partial charge in [-0.1, -0.05) is 48.5 Å². The summed E-state index contributed by atoms with van der Waals surface area (Å²) in [6, 6.07) is 22.9. The molecule has 28 heavy (non-hydrogen) atoms. The van der Waals surface area contributed by atoms with Crippen LogP contribution in [0.25, 0.3) is 0 Å². The molecule has 1 amide bonds. The zero-order chi connectivity index (χ0) is 19.2. The number of anilines is 1. The minimum atomic E-state index is -0.357. The van der Waals surface area contributed by atoms with Crippen LogP contribution in [0.4, 0.5) is 5.69 Å². The highest BCUT2D eigenvalue weighted by molar-refractivity contribution is 5.95. The van der Waals surface area contributed by atoms with Gasteiger partial charge in [-0.2, -0.15) is 0 Å². The highest BCUT2D eigenvalue weighted by Gasteiger charge is 2.34. The minimum Gasteiger partial charge on any atom is -0.487 e. The van der Waals surface area contributed by atoms with Crippen molar-refractivity contribution in [3.8, 4) is 5.75 Å². The van der Waals surface area contributed by atoms with E-state index in [2.05, 4.69) is 15.2 Å². The molecular formula is C23H23N3O2. The molecule has 1 saturated heterocycles. The lowest BCUT2D eigenvalue weighted by Gasteiger charge is -2.27. The van der Waals surface area contributed by atoms with Gasteiger partial charge in [-0.25, -0.2) is 0 Å². The first-order valence-electron chi connectivity index (χ1n) is 9.51. The van der Waals surface area contributed by atoms with Gasteiger partial charge in [-0.3, -0.25) is 14.7 Å². The van der Waals surface area contributed by atoms with Gasteiger partial charge in [-0.05, 0) is 36.2 Å². The van der Waals surface area contributed by atoms with Crippen LogP contribution in [0.5, 0.6) is 5.75 Å². The van der Waals surface area contributed by atoms with E-state index < -0.39 is 0 Å². The molecule has 4 rings (SSSR count). The molecule has 2 heterocycles. The summed E-state index contributed by atoms with van der Waals surface area (Å²) in [6.07, 6.45) is 4.36. The van der Waals surface area contributed by atoms with Crippen LogP contribution < -0.4 is 10.1 Å².